The van der Waals surface area contributed by atoms with Crippen molar-refractivity contribution in [1.82, 2.24) is 24.2 Å². The van der Waals surface area contributed by atoms with Gasteiger partial charge in [-0.3, -0.25) is 9.69 Å². The number of hydrogen-bond acceptors (Lipinski definition) is 6. The maximum Gasteiger partial charge on any atom is 0.238 e. The van der Waals surface area contributed by atoms with Gasteiger partial charge in [-0.15, -0.1) is 0 Å². The minimum absolute atomic E-state index is 0.0130. The number of likely N-dealkylation sites (N-methyl/N-ethyl adjacent to an activating group) is 1. The number of sulfonamides is 1. The van der Waals surface area contributed by atoms with Crippen LogP contribution in [0.5, 0.6) is 0 Å². The molecule has 4 rings (SSSR count). The molecule has 10 heteroatoms. The Hall–Kier alpha value is -3.60. The third-order valence-corrected chi connectivity index (χ3v) is 7.20. The first-order chi connectivity index (χ1) is 16.6. The fourth-order valence-electron chi connectivity index (χ4n) is 4.18. The van der Waals surface area contributed by atoms with Crippen LogP contribution < -0.4 is 5.14 Å². The SMILES string of the molecule is Cc1cc(C(=O)CN(C)C(C)c2ccc(-n3cncn3)cc2)c(C)n1-c1ccc(S(N)(=O)=O)cc1. The fraction of sp³-hybridized carbons (Fsp3) is 0.240. The molecule has 9 nitrogen and oxygen atoms in total. The first-order valence-corrected chi connectivity index (χ1v) is 12.6. The lowest BCUT2D eigenvalue weighted by Crippen LogP contribution is -2.29. The summed E-state index contributed by atoms with van der Waals surface area (Å²) in [6.07, 6.45) is 3.14. The zero-order valence-corrected chi connectivity index (χ0v) is 20.9. The number of hydrogen-bond donors (Lipinski definition) is 1. The standard InChI is InChI=1S/C25H28N6O3S/c1-17-13-24(19(3)31(17)22-9-11-23(12-10-22)35(26,33)34)25(32)14-29(4)18(2)20-5-7-21(8-6-20)30-16-27-15-28-30/h5-13,15-16,18H,14H2,1-4H3,(H2,26,33,34). The highest BCUT2D eigenvalue weighted by atomic mass is 32.2. The van der Waals surface area contributed by atoms with Crippen LogP contribution in [0.25, 0.3) is 11.4 Å². The topological polar surface area (TPSA) is 116 Å². The molecule has 0 aliphatic rings. The van der Waals surface area contributed by atoms with Gasteiger partial charge in [0.05, 0.1) is 17.1 Å². The average Bonchev–Trinajstić information content (AvgIpc) is 3.46. The van der Waals surface area contributed by atoms with E-state index in [2.05, 4.69) is 17.0 Å². The summed E-state index contributed by atoms with van der Waals surface area (Å²) >= 11 is 0. The maximum atomic E-state index is 13.2. The van der Waals surface area contributed by atoms with Crippen LogP contribution in [0.15, 0.2) is 72.1 Å². The summed E-state index contributed by atoms with van der Waals surface area (Å²) in [5.41, 5.74) is 5.09. The van der Waals surface area contributed by atoms with E-state index in [0.717, 1.165) is 28.3 Å². The predicted octanol–water partition coefficient (Wildman–Crippen LogP) is 3.20. The van der Waals surface area contributed by atoms with Gasteiger partial charge in [-0.2, -0.15) is 5.10 Å². The van der Waals surface area contributed by atoms with Crippen molar-refractivity contribution < 1.29 is 13.2 Å². The fourth-order valence-corrected chi connectivity index (χ4v) is 4.69. The van der Waals surface area contributed by atoms with Gasteiger partial charge in [-0.05, 0) is 75.8 Å². The maximum absolute atomic E-state index is 13.2. The van der Waals surface area contributed by atoms with Gasteiger partial charge in [0.1, 0.15) is 12.7 Å². The van der Waals surface area contributed by atoms with Gasteiger partial charge in [0, 0.05) is 28.7 Å². The summed E-state index contributed by atoms with van der Waals surface area (Å²) in [7, 11) is -1.84. The molecule has 0 aliphatic carbocycles. The molecule has 0 amide bonds. The van der Waals surface area contributed by atoms with Crippen LogP contribution in [0.3, 0.4) is 0 Å². The Morgan fingerprint density at radius 3 is 2.26 bits per heavy atom. The molecule has 0 saturated carbocycles. The summed E-state index contributed by atoms with van der Waals surface area (Å²) < 4.78 is 26.7. The molecule has 0 aliphatic heterocycles. The van der Waals surface area contributed by atoms with E-state index in [1.54, 1.807) is 23.1 Å². The number of aromatic nitrogens is 4. The Bertz CT molecular complexity index is 1440. The van der Waals surface area contributed by atoms with Crippen molar-refractivity contribution in [3.63, 3.8) is 0 Å². The van der Waals surface area contributed by atoms with Crippen LogP contribution in [0.2, 0.25) is 0 Å². The van der Waals surface area contributed by atoms with Crippen LogP contribution in [0, 0.1) is 13.8 Å². The number of rotatable bonds is 8. The van der Waals surface area contributed by atoms with Crippen LogP contribution in [0.4, 0.5) is 0 Å². The van der Waals surface area contributed by atoms with E-state index in [1.807, 2.05) is 60.7 Å². The molecule has 1 atom stereocenters. The smallest absolute Gasteiger partial charge is 0.238 e. The first-order valence-electron chi connectivity index (χ1n) is 11.1. The molecule has 0 fully saturated rings. The van der Waals surface area contributed by atoms with Crippen molar-refractivity contribution in [2.45, 2.75) is 31.7 Å². The molecule has 0 radical (unpaired) electrons. The molecule has 2 N–H and O–H groups in total. The number of Topliss-reactive ketones (excluding diaryl/α,β-unsaturated/α-hetero) is 1. The second-order valence-corrected chi connectivity index (χ2v) is 10.2. The first kappa shape index (κ1) is 24.5. The number of nitrogens with two attached hydrogens (primary N) is 1. The molecule has 1 unspecified atom stereocenters. The third kappa shape index (κ3) is 5.09. The van der Waals surface area contributed by atoms with Crippen molar-refractivity contribution in [1.29, 1.82) is 0 Å². The van der Waals surface area contributed by atoms with Crippen molar-refractivity contribution in [3.05, 3.63) is 89.8 Å². The number of carbonyl (C=O) groups is 1. The molecule has 35 heavy (non-hydrogen) atoms. The van der Waals surface area contributed by atoms with E-state index in [0.29, 0.717) is 5.56 Å². The highest BCUT2D eigenvalue weighted by Gasteiger charge is 2.21. The number of carbonyl (C=O) groups excluding carboxylic acids is 1. The Morgan fingerprint density at radius 2 is 1.69 bits per heavy atom. The zero-order chi connectivity index (χ0) is 25.3. The Kier molecular flexibility index (Phi) is 6.70. The van der Waals surface area contributed by atoms with Gasteiger partial charge in [-0.1, -0.05) is 12.1 Å². The van der Waals surface area contributed by atoms with Gasteiger partial charge in [-0.25, -0.2) is 23.2 Å². The lowest BCUT2D eigenvalue weighted by atomic mass is 10.1. The summed E-state index contributed by atoms with van der Waals surface area (Å²) in [5.74, 6) is 0.0130. The van der Waals surface area contributed by atoms with Crippen molar-refractivity contribution in [3.8, 4) is 11.4 Å². The van der Waals surface area contributed by atoms with Crippen LogP contribution in [0.1, 0.15) is 40.3 Å². The van der Waals surface area contributed by atoms with Gasteiger partial charge in [0.2, 0.25) is 10.0 Å². The van der Waals surface area contributed by atoms with Crippen LogP contribution >= 0.6 is 0 Å². The molecule has 0 saturated heterocycles. The lowest BCUT2D eigenvalue weighted by molar-refractivity contribution is 0.0924. The number of ketones is 1. The molecular weight excluding hydrogens is 464 g/mol. The monoisotopic (exact) mass is 492 g/mol. The van der Waals surface area contributed by atoms with Gasteiger partial charge < -0.3 is 4.57 Å². The number of primary sulfonamides is 1. The van der Waals surface area contributed by atoms with Gasteiger partial charge >= 0.3 is 0 Å². The van der Waals surface area contributed by atoms with E-state index in [-0.39, 0.29) is 23.3 Å². The highest BCUT2D eigenvalue weighted by molar-refractivity contribution is 7.89. The number of aryl methyl sites for hydroxylation is 1. The van der Waals surface area contributed by atoms with Crippen LogP contribution in [-0.2, 0) is 10.0 Å². The minimum Gasteiger partial charge on any atom is -0.318 e. The second-order valence-electron chi connectivity index (χ2n) is 8.60. The third-order valence-electron chi connectivity index (χ3n) is 6.27. The predicted molar refractivity (Wildman–Crippen MR) is 133 cm³/mol. The summed E-state index contributed by atoms with van der Waals surface area (Å²) in [5, 5.41) is 9.34. The van der Waals surface area contributed by atoms with Crippen LogP contribution in [-0.4, -0.2) is 52.0 Å². The summed E-state index contributed by atoms with van der Waals surface area (Å²) in [6.45, 7) is 6.12. The molecular formula is C25H28N6O3S. The largest absolute Gasteiger partial charge is 0.318 e. The summed E-state index contributed by atoms with van der Waals surface area (Å²) in [6, 6.07) is 16.2. The number of nitrogens with zero attached hydrogens (tertiary/aromatic N) is 5. The minimum atomic E-state index is -3.76. The lowest BCUT2D eigenvalue weighted by Gasteiger charge is -2.24. The molecule has 0 spiro atoms. The van der Waals surface area contributed by atoms with E-state index in [1.165, 1.54) is 18.5 Å². The number of benzene rings is 2. The molecule has 0 bridgehead atoms. The van der Waals surface area contributed by atoms with Crippen molar-refractivity contribution in [2.24, 2.45) is 5.14 Å². The molecule has 2 aromatic heterocycles. The molecule has 182 valence electrons. The Labute approximate surface area is 204 Å². The molecule has 4 aromatic rings. The zero-order valence-electron chi connectivity index (χ0n) is 20.1. The summed E-state index contributed by atoms with van der Waals surface area (Å²) in [4.78, 5) is 19.3. The van der Waals surface area contributed by atoms with Crippen molar-refractivity contribution >= 4 is 15.8 Å². The van der Waals surface area contributed by atoms with Crippen molar-refractivity contribution in [2.75, 3.05) is 13.6 Å². The Morgan fingerprint density at radius 1 is 1.06 bits per heavy atom. The molecule has 2 heterocycles. The second kappa shape index (κ2) is 9.57. The van der Waals surface area contributed by atoms with E-state index in [9.17, 15) is 13.2 Å². The average molecular weight is 493 g/mol. The molecule has 2 aromatic carbocycles. The highest BCUT2D eigenvalue weighted by Crippen LogP contribution is 2.24. The Balaban J connectivity index is 1.50. The van der Waals surface area contributed by atoms with E-state index < -0.39 is 10.0 Å². The van der Waals surface area contributed by atoms with Gasteiger partial charge in [0.15, 0.2) is 5.78 Å². The van der Waals surface area contributed by atoms with Gasteiger partial charge in [0.25, 0.3) is 0 Å². The quantitative estimate of drug-likeness (QED) is 0.378. The van der Waals surface area contributed by atoms with E-state index in [4.69, 9.17) is 5.14 Å². The van der Waals surface area contributed by atoms with E-state index >= 15 is 0 Å². The normalized spacial score (nSPS) is 12.7.